The Morgan fingerprint density at radius 1 is 0.947 bits per heavy atom. The van der Waals surface area contributed by atoms with Crippen LogP contribution >= 0.6 is 0 Å². The number of hydrogen-bond donors (Lipinski definition) is 0. The van der Waals surface area contributed by atoms with Crippen molar-refractivity contribution in [3.05, 3.63) is 60.8 Å². The highest BCUT2D eigenvalue weighted by Gasteiger charge is 2.11. The van der Waals surface area contributed by atoms with E-state index >= 15 is 0 Å². The van der Waals surface area contributed by atoms with Gasteiger partial charge in [0.1, 0.15) is 5.69 Å². The minimum absolute atomic E-state index is 0.544. The fourth-order valence-corrected chi connectivity index (χ4v) is 1.84. The minimum atomic E-state index is 0.544. The van der Waals surface area contributed by atoms with Crippen LogP contribution in [0.4, 0.5) is 0 Å². The van der Waals surface area contributed by atoms with Crippen LogP contribution in [0.25, 0.3) is 16.9 Å². The molecule has 3 aromatic rings. The first-order valence-electron chi connectivity index (χ1n) is 5.74. The van der Waals surface area contributed by atoms with Gasteiger partial charge in [0.05, 0.1) is 11.3 Å². The zero-order valence-corrected chi connectivity index (χ0v) is 9.97. The molecule has 3 aromatic heterocycles. The van der Waals surface area contributed by atoms with Crippen LogP contribution in [0.15, 0.2) is 55.2 Å². The number of hydrogen-bond acceptors (Lipinski definition) is 4. The maximum atomic E-state index is 11.2. The van der Waals surface area contributed by atoms with Gasteiger partial charge in [0.15, 0.2) is 6.29 Å². The van der Waals surface area contributed by atoms with E-state index in [-0.39, 0.29) is 0 Å². The normalized spacial score (nSPS) is 10.3. The van der Waals surface area contributed by atoms with E-state index in [0.717, 1.165) is 17.5 Å². The monoisotopic (exact) mass is 250 g/mol. The molecule has 0 fully saturated rings. The van der Waals surface area contributed by atoms with Crippen LogP contribution in [0.5, 0.6) is 0 Å². The molecule has 0 aliphatic heterocycles. The molecule has 0 saturated carbocycles. The lowest BCUT2D eigenvalue weighted by Gasteiger charge is -1.99. The van der Waals surface area contributed by atoms with E-state index in [9.17, 15) is 4.79 Å². The van der Waals surface area contributed by atoms with E-state index < -0.39 is 0 Å². The maximum Gasteiger partial charge on any atom is 0.153 e. The standard InChI is InChI=1S/C14H10N4O/c19-10-12-9-18(13-3-7-16-8-4-13)17-14(12)11-1-5-15-6-2-11/h1-10H. The quantitative estimate of drug-likeness (QED) is 0.668. The predicted octanol–water partition coefficient (Wildman–Crippen LogP) is 2.14. The fraction of sp³-hybridized carbons (Fsp3) is 0. The molecule has 0 amide bonds. The van der Waals surface area contributed by atoms with Crippen LogP contribution in [-0.4, -0.2) is 26.0 Å². The van der Waals surface area contributed by atoms with Crippen molar-refractivity contribution >= 4 is 6.29 Å². The SMILES string of the molecule is O=Cc1cn(-c2ccncc2)nc1-c1ccncc1. The lowest BCUT2D eigenvalue weighted by molar-refractivity contribution is 0.112. The van der Waals surface area contributed by atoms with Crippen LogP contribution < -0.4 is 0 Å². The lowest BCUT2D eigenvalue weighted by atomic mass is 10.1. The highest BCUT2D eigenvalue weighted by atomic mass is 16.1. The van der Waals surface area contributed by atoms with Gasteiger partial charge in [0.25, 0.3) is 0 Å². The van der Waals surface area contributed by atoms with Gasteiger partial charge in [0, 0.05) is 36.5 Å². The van der Waals surface area contributed by atoms with Crippen LogP contribution in [0.3, 0.4) is 0 Å². The highest BCUT2D eigenvalue weighted by molar-refractivity contribution is 5.85. The van der Waals surface area contributed by atoms with Gasteiger partial charge in [-0.3, -0.25) is 14.8 Å². The van der Waals surface area contributed by atoms with Crippen molar-refractivity contribution in [1.29, 1.82) is 0 Å². The summed E-state index contributed by atoms with van der Waals surface area (Å²) < 4.78 is 1.67. The number of rotatable bonds is 3. The molecule has 3 rings (SSSR count). The Hall–Kier alpha value is -2.82. The van der Waals surface area contributed by atoms with Gasteiger partial charge in [0.2, 0.25) is 0 Å². The van der Waals surface area contributed by atoms with Gasteiger partial charge in [-0.15, -0.1) is 0 Å². The van der Waals surface area contributed by atoms with Crippen LogP contribution in [-0.2, 0) is 0 Å². The van der Waals surface area contributed by atoms with Crippen molar-refractivity contribution in [2.24, 2.45) is 0 Å². The first-order chi connectivity index (χ1) is 9.38. The van der Waals surface area contributed by atoms with Crippen molar-refractivity contribution in [3.63, 3.8) is 0 Å². The number of aldehydes is 1. The second-order valence-corrected chi connectivity index (χ2v) is 3.94. The van der Waals surface area contributed by atoms with E-state index in [1.807, 2.05) is 24.3 Å². The molecule has 92 valence electrons. The van der Waals surface area contributed by atoms with Crippen molar-refractivity contribution < 1.29 is 4.79 Å². The first kappa shape index (κ1) is 11.3. The molecule has 0 unspecified atom stereocenters. The smallest absolute Gasteiger partial charge is 0.153 e. The van der Waals surface area contributed by atoms with Gasteiger partial charge >= 0.3 is 0 Å². The molecule has 0 atom stereocenters. The maximum absolute atomic E-state index is 11.2. The van der Waals surface area contributed by atoms with Crippen molar-refractivity contribution in [2.75, 3.05) is 0 Å². The average molecular weight is 250 g/mol. The summed E-state index contributed by atoms with van der Waals surface area (Å²) in [5.41, 5.74) is 2.92. The molecule has 3 heterocycles. The molecule has 0 N–H and O–H groups in total. The summed E-state index contributed by atoms with van der Waals surface area (Å²) in [7, 11) is 0. The Balaban J connectivity index is 2.12. The third kappa shape index (κ3) is 2.13. The number of carbonyl (C=O) groups is 1. The molecule has 0 bridgehead atoms. The van der Waals surface area contributed by atoms with E-state index in [2.05, 4.69) is 15.1 Å². The number of carbonyl (C=O) groups excluding carboxylic acids is 1. The third-order valence-electron chi connectivity index (χ3n) is 2.75. The second-order valence-electron chi connectivity index (χ2n) is 3.94. The van der Waals surface area contributed by atoms with Crippen molar-refractivity contribution in [3.8, 4) is 16.9 Å². The number of pyridine rings is 2. The van der Waals surface area contributed by atoms with Gasteiger partial charge < -0.3 is 0 Å². The van der Waals surface area contributed by atoms with E-state index in [0.29, 0.717) is 11.3 Å². The van der Waals surface area contributed by atoms with Crippen LogP contribution in [0.2, 0.25) is 0 Å². The third-order valence-corrected chi connectivity index (χ3v) is 2.75. The Kier molecular flexibility index (Phi) is 2.86. The van der Waals surface area contributed by atoms with Crippen LogP contribution in [0.1, 0.15) is 10.4 Å². The molecule has 0 saturated heterocycles. The van der Waals surface area contributed by atoms with E-state index in [1.54, 1.807) is 35.7 Å². The molecular formula is C14H10N4O. The summed E-state index contributed by atoms with van der Waals surface area (Å²) in [5.74, 6) is 0. The zero-order valence-electron chi connectivity index (χ0n) is 9.97. The Morgan fingerprint density at radius 2 is 1.58 bits per heavy atom. The summed E-state index contributed by atoms with van der Waals surface area (Å²) >= 11 is 0. The van der Waals surface area contributed by atoms with Crippen molar-refractivity contribution in [2.45, 2.75) is 0 Å². The number of aromatic nitrogens is 4. The Morgan fingerprint density at radius 3 is 2.21 bits per heavy atom. The number of nitrogens with zero attached hydrogens (tertiary/aromatic N) is 4. The van der Waals surface area contributed by atoms with Gasteiger partial charge in [-0.1, -0.05) is 0 Å². The van der Waals surface area contributed by atoms with Gasteiger partial charge in [-0.2, -0.15) is 5.10 Å². The highest BCUT2D eigenvalue weighted by Crippen LogP contribution is 2.21. The first-order valence-corrected chi connectivity index (χ1v) is 5.74. The summed E-state index contributed by atoms with van der Waals surface area (Å²) in [6.45, 7) is 0. The zero-order chi connectivity index (χ0) is 13.1. The van der Waals surface area contributed by atoms with E-state index in [1.165, 1.54) is 0 Å². The van der Waals surface area contributed by atoms with Gasteiger partial charge in [-0.25, -0.2) is 4.68 Å². The molecule has 0 aromatic carbocycles. The summed E-state index contributed by atoms with van der Waals surface area (Å²) in [5, 5.41) is 4.45. The molecule has 5 heteroatoms. The Bertz CT molecular complexity index is 692. The average Bonchev–Trinajstić information content (AvgIpc) is 2.93. The molecular weight excluding hydrogens is 240 g/mol. The summed E-state index contributed by atoms with van der Waals surface area (Å²) in [4.78, 5) is 19.1. The van der Waals surface area contributed by atoms with Gasteiger partial charge in [-0.05, 0) is 24.3 Å². The largest absolute Gasteiger partial charge is 0.298 e. The molecule has 0 aliphatic rings. The predicted molar refractivity (Wildman–Crippen MR) is 70.0 cm³/mol. The molecule has 5 nitrogen and oxygen atoms in total. The Labute approximate surface area is 109 Å². The van der Waals surface area contributed by atoms with E-state index in [4.69, 9.17) is 0 Å². The summed E-state index contributed by atoms with van der Waals surface area (Å²) in [6.07, 6.45) is 9.23. The summed E-state index contributed by atoms with van der Waals surface area (Å²) in [6, 6.07) is 7.31. The van der Waals surface area contributed by atoms with Crippen LogP contribution in [0, 0.1) is 0 Å². The topological polar surface area (TPSA) is 60.7 Å². The minimum Gasteiger partial charge on any atom is -0.298 e. The molecule has 0 radical (unpaired) electrons. The lowest BCUT2D eigenvalue weighted by Crippen LogP contribution is -1.94. The second kappa shape index (κ2) is 4.81. The van der Waals surface area contributed by atoms with Crippen molar-refractivity contribution in [1.82, 2.24) is 19.7 Å². The molecule has 0 spiro atoms. The molecule has 0 aliphatic carbocycles. The fourth-order valence-electron chi connectivity index (χ4n) is 1.84. The molecule has 19 heavy (non-hydrogen) atoms.